The molecule has 0 saturated heterocycles. The summed E-state index contributed by atoms with van der Waals surface area (Å²) in [7, 11) is 0. The number of hydrogen-bond acceptors (Lipinski definition) is 2. The zero-order valence-electron chi connectivity index (χ0n) is 11.6. The highest BCUT2D eigenvalue weighted by Crippen LogP contribution is 2.19. The van der Waals surface area contributed by atoms with Crippen LogP contribution in [0.25, 0.3) is 0 Å². The number of phenolic OH excluding ortho intramolecular Hbond substituents is 1. The van der Waals surface area contributed by atoms with Crippen molar-refractivity contribution < 1.29 is 9.90 Å². The predicted molar refractivity (Wildman–Crippen MR) is 78.9 cm³/mol. The molecule has 0 heterocycles. The lowest BCUT2D eigenvalue weighted by Gasteiger charge is -2.16. The van der Waals surface area contributed by atoms with Gasteiger partial charge in [-0.05, 0) is 37.8 Å². The molecule has 0 aliphatic rings. The molecule has 4 heteroatoms. The van der Waals surface area contributed by atoms with Crippen molar-refractivity contribution in [2.75, 3.05) is 12.4 Å². The Bertz CT molecular complexity index is 415. The zero-order valence-corrected chi connectivity index (χ0v) is 12.3. The van der Waals surface area contributed by atoms with Crippen molar-refractivity contribution in [1.29, 1.82) is 0 Å². The van der Waals surface area contributed by atoms with E-state index in [0.717, 1.165) is 19.3 Å². The zero-order chi connectivity index (χ0) is 14.3. The molecular formula is C15H22ClNO2. The lowest BCUT2D eigenvalue weighted by Crippen LogP contribution is -2.30. The Labute approximate surface area is 120 Å². The summed E-state index contributed by atoms with van der Waals surface area (Å²) in [6.45, 7) is 4.50. The van der Waals surface area contributed by atoms with E-state index in [0.29, 0.717) is 29.5 Å². The average Bonchev–Trinajstić information content (AvgIpc) is 2.39. The number of carbonyl (C=O) groups is 1. The van der Waals surface area contributed by atoms with E-state index in [1.165, 1.54) is 0 Å². The molecule has 106 valence electrons. The van der Waals surface area contributed by atoms with Crippen molar-refractivity contribution in [2.24, 2.45) is 5.92 Å². The second-order valence-corrected chi connectivity index (χ2v) is 5.17. The third kappa shape index (κ3) is 4.75. The van der Waals surface area contributed by atoms with E-state index < -0.39 is 0 Å². The number of rotatable bonds is 7. The summed E-state index contributed by atoms with van der Waals surface area (Å²) in [4.78, 5) is 12.1. The molecule has 0 bridgehead atoms. The van der Waals surface area contributed by atoms with Crippen LogP contribution in [0.15, 0.2) is 18.2 Å². The van der Waals surface area contributed by atoms with Gasteiger partial charge in [0.1, 0.15) is 5.75 Å². The molecular weight excluding hydrogens is 262 g/mol. The monoisotopic (exact) mass is 283 g/mol. The summed E-state index contributed by atoms with van der Waals surface area (Å²) in [6, 6.07) is 4.99. The van der Waals surface area contributed by atoms with Crippen LogP contribution < -0.4 is 5.32 Å². The van der Waals surface area contributed by atoms with E-state index in [2.05, 4.69) is 12.2 Å². The maximum Gasteiger partial charge on any atom is 0.251 e. The second kappa shape index (κ2) is 8.05. The fraction of sp³-hybridized carbons (Fsp3) is 0.533. The quantitative estimate of drug-likeness (QED) is 0.753. The van der Waals surface area contributed by atoms with Crippen molar-refractivity contribution in [3.8, 4) is 5.75 Å². The molecule has 19 heavy (non-hydrogen) atoms. The topological polar surface area (TPSA) is 49.3 Å². The van der Waals surface area contributed by atoms with Crippen molar-refractivity contribution in [3.63, 3.8) is 0 Å². The predicted octanol–water partition coefficient (Wildman–Crippen LogP) is 3.48. The molecule has 1 rings (SSSR count). The summed E-state index contributed by atoms with van der Waals surface area (Å²) in [5.41, 5.74) is 1.14. The fourth-order valence-corrected chi connectivity index (χ4v) is 2.42. The van der Waals surface area contributed by atoms with Gasteiger partial charge < -0.3 is 10.4 Å². The van der Waals surface area contributed by atoms with Crippen molar-refractivity contribution in [3.05, 3.63) is 29.3 Å². The van der Waals surface area contributed by atoms with Gasteiger partial charge in [0.05, 0.1) is 0 Å². The standard InChI is InChI=1S/C15H22ClNO2/c1-3-5-12(8-9-16)10-17-15(19)13-6-4-7-14(18)11(13)2/h4,6-7,12,18H,3,5,8-10H2,1-2H3,(H,17,19). The summed E-state index contributed by atoms with van der Waals surface area (Å²) >= 11 is 5.76. The van der Waals surface area contributed by atoms with Crippen molar-refractivity contribution in [1.82, 2.24) is 5.32 Å². The van der Waals surface area contributed by atoms with E-state index in [-0.39, 0.29) is 11.7 Å². The number of halogens is 1. The van der Waals surface area contributed by atoms with E-state index in [9.17, 15) is 9.90 Å². The molecule has 1 aromatic carbocycles. The molecule has 0 radical (unpaired) electrons. The van der Waals surface area contributed by atoms with Crippen LogP contribution in [0.2, 0.25) is 0 Å². The number of benzene rings is 1. The third-order valence-electron chi connectivity index (χ3n) is 3.32. The minimum atomic E-state index is -0.135. The highest BCUT2D eigenvalue weighted by molar-refractivity contribution is 6.17. The molecule has 0 saturated carbocycles. The Morgan fingerprint density at radius 1 is 1.42 bits per heavy atom. The lowest BCUT2D eigenvalue weighted by molar-refractivity contribution is 0.0945. The first-order valence-electron chi connectivity index (χ1n) is 6.72. The van der Waals surface area contributed by atoms with Crippen LogP contribution in [0.5, 0.6) is 5.75 Å². The molecule has 1 unspecified atom stereocenters. The van der Waals surface area contributed by atoms with E-state index in [1.54, 1.807) is 25.1 Å². The number of hydrogen-bond donors (Lipinski definition) is 2. The molecule has 0 aromatic heterocycles. The Morgan fingerprint density at radius 2 is 2.16 bits per heavy atom. The number of amides is 1. The Hall–Kier alpha value is -1.22. The maximum atomic E-state index is 12.1. The number of nitrogens with one attached hydrogen (secondary N) is 1. The molecule has 2 N–H and O–H groups in total. The van der Waals surface area contributed by atoms with Crippen LogP contribution >= 0.6 is 11.6 Å². The Kier molecular flexibility index (Phi) is 6.71. The van der Waals surface area contributed by atoms with E-state index in [1.807, 2.05) is 0 Å². The smallest absolute Gasteiger partial charge is 0.251 e. The number of carbonyl (C=O) groups excluding carboxylic acids is 1. The summed E-state index contributed by atoms with van der Waals surface area (Å²) < 4.78 is 0. The van der Waals surface area contributed by atoms with Gasteiger partial charge in [-0.25, -0.2) is 0 Å². The van der Waals surface area contributed by atoms with Gasteiger partial charge in [0.15, 0.2) is 0 Å². The van der Waals surface area contributed by atoms with Crippen LogP contribution in [0, 0.1) is 12.8 Å². The van der Waals surface area contributed by atoms with Crippen LogP contribution in [-0.4, -0.2) is 23.4 Å². The van der Waals surface area contributed by atoms with Crippen molar-refractivity contribution in [2.45, 2.75) is 33.1 Å². The van der Waals surface area contributed by atoms with Crippen LogP contribution in [0.3, 0.4) is 0 Å². The van der Waals surface area contributed by atoms with Gasteiger partial charge >= 0.3 is 0 Å². The minimum Gasteiger partial charge on any atom is -0.508 e. The van der Waals surface area contributed by atoms with Gasteiger partial charge in [-0.1, -0.05) is 19.4 Å². The SMILES string of the molecule is CCCC(CCCl)CNC(=O)c1cccc(O)c1C. The molecule has 1 atom stereocenters. The summed E-state index contributed by atoms with van der Waals surface area (Å²) in [5, 5.41) is 12.5. The maximum absolute atomic E-state index is 12.1. The number of phenols is 1. The molecule has 0 spiro atoms. The third-order valence-corrected chi connectivity index (χ3v) is 3.53. The van der Waals surface area contributed by atoms with Crippen LogP contribution in [-0.2, 0) is 0 Å². The average molecular weight is 284 g/mol. The first-order valence-corrected chi connectivity index (χ1v) is 7.26. The first-order chi connectivity index (χ1) is 9.10. The second-order valence-electron chi connectivity index (χ2n) is 4.79. The summed E-state index contributed by atoms with van der Waals surface area (Å²) in [6.07, 6.45) is 3.06. The van der Waals surface area contributed by atoms with Crippen LogP contribution in [0.4, 0.5) is 0 Å². The largest absolute Gasteiger partial charge is 0.508 e. The Balaban J connectivity index is 2.61. The fourth-order valence-electron chi connectivity index (χ4n) is 2.11. The number of aromatic hydroxyl groups is 1. The minimum absolute atomic E-state index is 0.135. The van der Waals surface area contributed by atoms with E-state index >= 15 is 0 Å². The van der Waals surface area contributed by atoms with Gasteiger partial charge in [0, 0.05) is 23.6 Å². The molecule has 0 aliphatic carbocycles. The van der Waals surface area contributed by atoms with Gasteiger partial charge in [-0.2, -0.15) is 0 Å². The van der Waals surface area contributed by atoms with E-state index in [4.69, 9.17) is 11.6 Å². The first kappa shape index (κ1) is 15.8. The lowest BCUT2D eigenvalue weighted by atomic mass is 10.0. The van der Waals surface area contributed by atoms with Gasteiger partial charge in [0.25, 0.3) is 5.91 Å². The highest BCUT2D eigenvalue weighted by atomic mass is 35.5. The molecule has 1 aromatic rings. The molecule has 1 amide bonds. The normalized spacial score (nSPS) is 12.2. The van der Waals surface area contributed by atoms with Gasteiger partial charge in [-0.3, -0.25) is 4.79 Å². The van der Waals surface area contributed by atoms with Crippen molar-refractivity contribution >= 4 is 17.5 Å². The Morgan fingerprint density at radius 3 is 2.79 bits per heavy atom. The molecule has 3 nitrogen and oxygen atoms in total. The van der Waals surface area contributed by atoms with Gasteiger partial charge in [0.2, 0.25) is 0 Å². The molecule has 0 fully saturated rings. The van der Waals surface area contributed by atoms with Crippen LogP contribution in [0.1, 0.15) is 42.1 Å². The summed E-state index contributed by atoms with van der Waals surface area (Å²) in [5.74, 6) is 1.05. The van der Waals surface area contributed by atoms with Gasteiger partial charge in [-0.15, -0.1) is 11.6 Å². The molecule has 0 aliphatic heterocycles. The highest BCUT2D eigenvalue weighted by Gasteiger charge is 2.13. The number of alkyl halides is 1.